The molecular weight excluding hydrogens is 156 g/mol. The molecule has 0 saturated heterocycles. The molecule has 0 saturated carbocycles. The second kappa shape index (κ2) is 4.12. The first-order valence-electron chi connectivity index (χ1n) is 3.41. The second-order valence-corrected chi connectivity index (χ2v) is 2.98. The van der Waals surface area contributed by atoms with Crippen LogP contribution < -0.4 is 5.73 Å². The fourth-order valence-electron chi connectivity index (χ4n) is 0.792. The molecule has 0 spiro atoms. The van der Waals surface area contributed by atoms with E-state index in [-0.39, 0.29) is 6.04 Å². The molecule has 0 amide bonds. The van der Waals surface area contributed by atoms with Crippen LogP contribution in [0.3, 0.4) is 0 Å². The summed E-state index contributed by atoms with van der Waals surface area (Å²) in [6, 6.07) is 0.0114. The van der Waals surface area contributed by atoms with Crippen LogP contribution in [0.25, 0.3) is 0 Å². The van der Waals surface area contributed by atoms with Crippen LogP contribution in [0.15, 0.2) is 10.9 Å². The molecule has 2 nitrogen and oxygen atoms in total. The van der Waals surface area contributed by atoms with Gasteiger partial charge in [-0.3, -0.25) is 0 Å². The summed E-state index contributed by atoms with van der Waals surface area (Å²) in [5.41, 5.74) is 8.51. The lowest BCUT2D eigenvalue weighted by atomic mass is 10.1. The van der Waals surface area contributed by atoms with Gasteiger partial charge in [0.05, 0.1) is 11.2 Å². The third kappa shape index (κ3) is 2.34. The molecule has 0 aliphatic rings. The summed E-state index contributed by atoms with van der Waals surface area (Å²) >= 11 is 1.56. The van der Waals surface area contributed by atoms with Crippen LogP contribution >= 0.6 is 11.3 Å². The third-order valence-corrected chi connectivity index (χ3v) is 2.04. The number of thiazole rings is 1. The van der Waals surface area contributed by atoms with Gasteiger partial charge in [-0.15, -0.1) is 23.7 Å². The minimum atomic E-state index is 0.0114. The smallest absolute Gasteiger partial charge is 0.0795 e. The van der Waals surface area contributed by atoms with Crippen LogP contribution in [0, 0.1) is 12.3 Å². The Bertz CT molecular complexity index is 235. The van der Waals surface area contributed by atoms with Gasteiger partial charge in [0.15, 0.2) is 0 Å². The molecule has 1 heterocycles. The molecule has 1 atom stereocenters. The van der Waals surface area contributed by atoms with Gasteiger partial charge in [-0.25, -0.2) is 4.98 Å². The zero-order chi connectivity index (χ0) is 8.10. The molecule has 1 unspecified atom stereocenters. The number of nitrogens with two attached hydrogens (primary N) is 1. The Balaban J connectivity index is 2.44. The van der Waals surface area contributed by atoms with Crippen molar-refractivity contribution in [1.82, 2.24) is 4.98 Å². The number of aromatic nitrogens is 1. The highest BCUT2D eigenvalue weighted by molar-refractivity contribution is 7.07. The highest BCUT2D eigenvalue weighted by Gasteiger charge is 2.05. The Hall–Kier alpha value is -0.850. The van der Waals surface area contributed by atoms with Crippen LogP contribution in [0.1, 0.15) is 24.6 Å². The summed E-state index contributed by atoms with van der Waals surface area (Å²) in [5, 5.41) is 1.96. The van der Waals surface area contributed by atoms with Gasteiger partial charge in [-0.05, 0) is 6.42 Å². The molecule has 0 fully saturated rings. The monoisotopic (exact) mass is 166 g/mol. The minimum Gasteiger partial charge on any atom is -0.323 e. The molecule has 58 valence electrons. The lowest BCUT2D eigenvalue weighted by Crippen LogP contribution is -2.09. The zero-order valence-electron chi connectivity index (χ0n) is 6.16. The SMILES string of the molecule is C#CCCC(N)c1cscn1. The van der Waals surface area contributed by atoms with E-state index < -0.39 is 0 Å². The quantitative estimate of drug-likeness (QED) is 0.692. The van der Waals surface area contributed by atoms with E-state index in [9.17, 15) is 0 Å². The van der Waals surface area contributed by atoms with E-state index in [0.29, 0.717) is 0 Å². The summed E-state index contributed by atoms with van der Waals surface area (Å²) in [5.74, 6) is 2.56. The molecular formula is C8H10N2S. The van der Waals surface area contributed by atoms with E-state index in [1.807, 2.05) is 5.38 Å². The van der Waals surface area contributed by atoms with Gasteiger partial charge in [-0.1, -0.05) is 0 Å². The number of hydrogen-bond acceptors (Lipinski definition) is 3. The van der Waals surface area contributed by atoms with Gasteiger partial charge in [0.1, 0.15) is 0 Å². The molecule has 11 heavy (non-hydrogen) atoms. The van der Waals surface area contributed by atoms with Crippen LogP contribution in [0.4, 0.5) is 0 Å². The highest BCUT2D eigenvalue weighted by Crippen LogP contribution is 2.14. The molecule has 1 rings (SSSR count). The minimum absolute atomic E-state index is 0.0114. The lowest BCUT2D eigenvalue weighted by Gasteiger charge is -2.04. The average Bonchev–Trinajstić information content (AvgIpc) is 2.52. The maximum absolute atomic E-state index is 5.77. The van der Waals surface area contributed by atoms with E-state index in [4.69, 9.17) is 12.2 Å². The standard InChI is InChI=1S/C8H10N2S/c1-2-3-4-7(9)8-5-11-6-10-8/h1,5-7H,3-4,9H2. The number of terminal acetylenes is 1. The van der Waals surface area contributed by atoms with Gasteiger partial charge in [-0.2, -0.15) is 0 Å². The van der Waals surface area contributed by atoms with Gasteiger partial charge in [0, 0.05) is 17.8 Å². The van der Waals surface area contributed by atoms with Gasteiger partial charge in [0.2, 0.25) is 0 Å². The predicted octanol–water partition coefficient (Wildman–Crippen LogP) is 1.56. The van der Waals surface area contributed by atoms with Crippen molar-refractivity contribution in [2.24, 2.45) is 5.73 Å². The molecule has 1 aromatic heterocycles. The van der Waals surface area contributed by atoms with Crippen molar-refractivity contribution in [3.05, 3.63) is 16.6 Å². The number of hydrogen-bond donors (Lipinski definition) is 1. The Morgan fingerprint density at radius 2 is 2.64 bits per heavy atom. The van der Waals surface area contributed by atoms with Crippen LogP contribution in [0.2, 0.25) is 0 Å². The van der Waals surface area contributed by atoms with Crippen LogP contribution in [0.5, 0.6) is 0 Å². The van der Waals surface area contributed by atoms with E-state index in [1.54, 1.807) is 16.8 Å². The molecule has 0 bridgehead atoms. The van der Waals surface area contributed by atoms with Crippen LogP contribution in [-0.4, -0.2) is 4.98 Å². The van der Waals surface area contributed by atoms with Crippen molar-refractivity contribution in [3.8, 4) is 12.3 Å². The molecule has 0 aliphatic carbocycles. The maximum Gasteiger partial charge on any atom is 0.0795 e. The molecule has 1 aromatic rings. The van der Waals surface area contributed by atoms with E-state index >= 15 is 0 Å². The summed E-state index contributed by atoms with van der Waals surface area (Å²) in [6.45, 7) is 0. The molecule has 0 radical (unpaired) electrons. The predicted molar refractivity (Wildman–Crippen MR) is 47.1 cm³/mol. The maximum atomic E-state index is 5.77. The average molecular weight is 166 g/mol. The fourth-order valence-corrected chi connectivity index (χ4v) is 1.41. The normalized spacial score (nSPS) is 12.4. The fraction of sp³-hybridized carbons (Fsp3) is 0.375. The largest absolute Gasteiger partial charge is 0.323 e. The number of rotatable bonds is 3. The van der Waals surface area contributed by atoms with Gasteiger partial charge < -0.3 is 5.73 Å². The first kappa shape index (κ1) is 8.25. The van der Waals surface area contributed by atoms with Crippen molar-refractivity contribution in [1.29, 1.82) is 0 Å². The lowest BCUT2D eigenvalue weighted by molar-refractivity contribution is 0.652. The first-order valence-corrected chi connectivity index (χ1v) is 4.36. The third-order valence-electron chi connectivity index (χ3n) is 1.43. The van der Waals surface area contributed by atoms with E-state index in [1.165, 1.54) is 0 Å². The molecule has 2 N–H and O–H groups in total. The topological polar surface area (TPSA) is 38.9 Å². The van der Waals surface area contributed by atoms with Crippen molar-refractivity contribution >= 4 is 11.3 Å². The highest BCUT2D eigenvalue weighted by atomic mass is 32.1. The van der Waals surface area contributed by atoms with Gasteiger partial charge >= 0.3 is 0 Å². The summed E-state index contributed by atoms with van der Waals surface area (Å²) < 4.78 is 0. The van der Waals surface area contributed by atoms with E-state index in [0.717, 1.165) is 18.5 Å². The Morgan fingerprint density at radius 1 is 1.82 bits per heavy atom. The second-order valence-electron chi connectivity index (χ2n) is 2.26. The van der Waals surface area contributed by atoms with E-state index in [2.05, 4.69) is 10.9 Å². The van der Waals surface area contributed by atoms with Crippen molar-refractivity contribution < 1.29 is 0 Å². The van der Waals surface area contributed by atoms with Crippen LogP contribution in [-0.2, 0) is 0 Å². The first-order chi connectivity index (χ1) is 5.34. The Morgan fingerprint density at radius 3 is 3.18 bits per heavy atom. The summed E-state index contributed by atoms with van der Waals surface area (Å²) in [7, 11) is 0. The van der Waals surface area contributed by atoms with Crippen molar-refractivity contribution in [2.45, 2.75) is 18.9 Å². The Kier molecular flexibility index (Phi) is 3.09. The molecule has 0 aliphatic heterocycles. The molecule has 0 aromatic carbocycles. The summed E-state index contributed by atoms with van der Waals surface area (Å²) in [4.78, 5) is 4.09. The van der Waals surface area contributed by atoms with Gasteiger partial charge in [0.25, 0.3) is 0 Å². The van der Waals surface area contributed by atoms with Crippen molar-refractivity contribution in [2.75, 3.05) is 0 Å². The Labute approximate surface area is 70.5 Å². The summed E-state index contributed by atoms with van der Waals surface area (Å²) in [6.07, 6.45) is 6.65. The molecule has 3 heteroatoms. The van der Waals surface area contributed by atoms with Crippen molar-refractivity contribution in [3.63, 3.8) is 0 Å². The zero-order valence-corrected chi connectivity index (χ0v) is 6.97. The number of nitrogens with zero attached hydrogens (tertiary/aromatic N) is 1.